The van der Waals surface area contributed by atoms with Crippen molar-refractivity contribution in [3.63, 3.8) is 0 Å². The van der Waals surface area contributed by atoms with E-state index in [0.29, 0.717) is 23.0 Å². The minimum Gasteiger partial charge on any atom is -0.464 e. The summed E-state index contributed by atoms with van der Waals surface area (Å²) in [7, 11) is 0. The summed E-state index contributed by atoms with van der Waals surface area (Å²) in [5.41, 5.74) is 1.23. The van der Waals surface area contributed by atoms with E-state index in [4.69, 9.17) is 25.5 Å². The van der Waals surface area contributed by atoms with Crippen LogP contribution in [-0.2, 0) is 30.3 Å². The summed E-state index contributed by atoms with van der Waals surface area (Å²) in [4.78, 5) is 41.9. The molecule has 1 N–H and O–H groups in total. The van der Waals surface area contributed by atoms with E-state index in [2.05, 4.69) is 10.3 Å². The summed E-state index contributed by atoms with van der Waals surface area (Å²) in [6.07, 6.45) is 1.86. The van der Waals surface area contributed by atoms with Gasteiger partial charge in [0.05, 0.1) is 13.2 Å². The first-order valence-corrected chi connectivity index (χ1v) is 11.6. The summed E-state index contributed by atoms with van der Waals surface area (Å²) in [5, 5.41) is 3.10. The number of hydrogen-bond acceptors (Lipinski definition) is 7. The molecule has 0 aliphatic carbocycles. The van der Waals surface area contributed by atoms with Crippen molar-refractivity contribution in [3.8, 4) is 22.7 Å². The number of oxazole rings is 1. The van der Waals surface area contributed by atoms with E-state index < -0.39 is 23.4 Å². The number of carbonyl (C=O) groups is 3. The fourth-order valence-electron chi connectivity index (χ4n) is 3.57. The number of nitrogens with zero attached hydrogens (tertiary/aromatic N) is 1. The van der Waals surface area contributed by atoms with Gasteiger partial charge in [0.25, 0.3) is 0 Å². The molecule has 3 aromatic rings. The van der Waals surface area contributed by atoms with Gasteiger partial charge in [-0.3, -0.25) is 4.79 Å². The molecule has 2 aromatic carbocycles. The average molecular weight is 499 g/mol. The second kappa shape index (κ2) is 11.7. The molecule has 1 aromatic heterocycles. The van der Waals surface area contributed by atoms with Crippen molar-refractivity contribution in [3.05, 3.63) is 65.4 Å². The maximum atomic E-state index is 12.8. The van der Waals surface area contributed by atoms with Gasteiger partial charge < -0.3 is 19.2 Å². The molecule has 3 rings (SSSR count). The van der Waals surface area contributed by atoms with E-state index in [0.717, 1.165) is 16.7 Å². The van der Waals surface area contributed by atoms with E-state index in [1.807, 2.05) is 36.4 Å². The van der Waals surface area contributed by atoms with E-state index in [9.17, 15) is 14.4 Å². The van der Waals surface area contributed by atoms with Crippen LogP contribution in [0.3, 0.4) is 0 Å². The van der Waals surface area contributed by atoms with Crippen LogP contribution in [-0.4, -0.2) is 41.6 Å². The molecular formula is C26H27ClN2O6. The molecule has 0 radical (unpaired) electrons. The second-order valence-electron chi connectivity index (χ2n) is 7.77. The van der Waals surface area contributed by atoms with Gasteiger partial charge in [-0.1, -0.05) is 35.9 Å². The topological polar surface area (TPSA) is 108 Å². The molecule has 9 heteroatoms. The van der Waals surface area contributed by atoms with Crippen LogP contribution in [0, 0.1) is 0 Å². The van der Waals surface area contributed by atoms with Gasteiger partial charge in [-0.25, -0.2) is 14.6 Å². The van der Waals surface area contributed by atoms with Crippen molar-refractivity contribution < 1.29 is 28.3 Å². The normalized spacial score (nSPS) is 11.1. The van der Waals surface area contributed by atoms with Gasteiger partial charge in [0, 0.05) is 23.1 Å². The molecule has 184 valence electrons. The lowest BCUT2D eigenvalue weighted by Gasteiger charge is -2.29. The highest BCUT2D eigenvalue weighted by Gasteiger charge is 2.49. The first-order valence-electron chi connectivity index (χ1n) is 11.2. The Morgan fingerprint density at radius 1 is 0.943 bits per heavy atom. The molecule has 8 nitrogen and oxygen atoms in total. The Morgan fingerprint density at radius 3 is 2.06 bits per heavy atom. The molecule has 0 unspecified atom stereocenters. The highest BCUT2D eigenvalue weighted by Crippen LogP contribution is 2.27. The number of nitrogens with one attached hydrogen (secondary N) is 1. The number of halogens is 1. The highest BCUT2D eigenvalue weighted by molar-refractivity contribution is 6.30. The van der Waals surface area contributed by atoms with Gasteiger partial charge in [-0.2, -0.15) is 0 Å². The summed E-state index contributed by atoms with van der Waals surface area (Å²) < 4.78 is 15.8. The first kappa shape index (κ1) is 26.0. The lowest BCUT2D eigenvalue weighted by atomic mass is 9.90. The number of rotatable bonds is 10. The van der Waals surface area contributed by atoms with Gasteiger partial charge in [-0.05, 0) is 56.5 Å². The predicted octanol–water partition coefficient (Wildman–Crippen LogP) is 4.60. The van der Waals surface area contributed by atoms with Crippen LogP contribution in [0.4, 0.5) is 0 Å². The summed E-state index contributed by atoms with van der Waals surface area (Å²) >= 11 is 5.94. The Balaban J connectivity index is 1.78. The summed E-state index contributed by atoms with van der Waals surface area (Å²) in [6.45, 7) is 4.61. The van der Waals surface area contributed by atoms with Gasteiger partial charge >= 0.3 is 11.9 Å². The number of hydrogen-bond donors (Lipinski definition) is 1. The molecule has 35 heavy (non-hydrogen) atoms. The maximum Gasteiger partial charge on any atom is 0.343 e. The average Bonchev–Trinajstić information content (AvgIpc) is 3.33. The van der Waals surface area contributed by atoms with Crippen molar-refractivity contribution in [1.82, 2.24) is 10.3 Å². The first-order chi connectivity index (χ1) is 16.8. The quantitative estimate of drug-likeness (QED) is 0.321. The zero-order valence-corrected chi connectivity index (χ0v) is 20.6. The number of aromatic nitrogens is 1. The number of esters is 2. The van der Waals surface area contributed by atoms with Crippen LogP contribution in [0.2, 0.25) is 5.02 Å². The molecular weight excluding hydrogens is 472 g/mol. The lowest BCUT2D eigenvalue weighted by Crippen LogP contribution is -2.61. The van der Waals surface area contributed by atoms with Gasteiger partial charge in [-0.15, -0.1) is 0 Å². The summed E-state index contributed by atoms with van der Waals surface area (Å²) in [5.74, 6) is -1.75. The Kier molecular flexibility index (Phi) is 8.65. The largest absolute Gasteiger partial charge is 0.464 e. The third-order valence-electron chi connectivity index (χ3n) is 5.27. The molecule has 0 aliphatic rings. The van der Waals surface area contributed by atoms with Crippen molar-refractivity contribution in [2.45, 2.75) is 39.2 Å². The van der Waals surface area contributed by atoms with Gasteiger partial charge in [0.1, 0.15) is 12.0 Å². The number of carbonyl (C=O) groups excluding carboxylic acids is 3. The van der Waals surface area contributed by atoms with Crippen LogP contribution in [0.1, 0.15) is 32.8 Å². The minimum atomic E-state index is -1.92. The molecule has 0 aliphatic heterocycles. The molecule has 0 saturated heterocycles. The summed E-state index contributed by atoms with van der Waals surface area (Å²) in [6, 6.07) is 14.7. The van der Waals surface area contributed by atoms with Crippen molar-refractivity contribution >= 4 is 29.4 Å². The Morgan fingerprint density at radius 2 is 1.51 bits per heavy atom. The van der Waals surface area contributed by atoms with Gasteiger partial charge in [0.2, 0.25) is 17.3 Å². The number of aryl methyl sites for hydroxylation is 1. The van der Waals surface area contributed by atoms with Crippen molar-refractivity contribution in [2.75, 3.05) is 13.2 Å². The van der Waals surface area contributed by atoms with E-state index in [1.165, 1.54) is 6.92 Å². The molecule has 0 atom stereocenters. The molecule has 1 heterocycles. The number of benzene rings is 2. The van der Waals surface area contributed by atoms with Crippen molar-refractivity contribution in [2.24, 2.45) is 0 Å². The van der Waals surface area contributed by atoms with Crippen LogP contribution >= 0.6 is 11.6 Å². The van der Waals surface area contributed by atoms with Crippen LogP contribution < -0.4 is 5.32 Å². The third-order valence-corrected chi connectivity index (χ3v) is 5.52. The van der Waals surface area contributed by atoms with Crippen molar-refractivity contribution in [1.29, 1.82) is 0 Å². The molecule has 0 spiro atoms. The standard InChI is InChI=1S/C26H27ClN2O6/c1-4-33-24(31)26(29-17(3)30,25(32)34-5-2)15-14-18-6-8-19(9-7-18)22-16-35-23(28-22)20-10-12-21(27)13-11-20/h6-13,16H,4-5,14-15H2,1-3H3,(H,29,30). The smallest absolute Gasteiger partial charge is 0.343 e. The zero-order valence-electron chi connectivity index (χ0n) is 19.8. The Labute approximate surface area is 208 Å². The third kappa shape index (κ3) is 6.27. The molecule has 0 bridgehead atoms. The zero-order chi connectivity index (χ0) is 25.4. The van der Waals surface area contributed by atoms with E-state index in [-0.39, 0.29) is 19.6 Å². The lowest BCUT2D eigenvalue weighted by molar-refractivity contribution is -0.168. The predicted molar refractivity (Wildman–Crippen MR) is 131 cm³/mol. The minimum absolute atomic E-state index is 0.0196. The highest BCUT2D eigenvalue weighted by atomic mass is 35.5. The van der Waals surface area contributed by atoms with E-state index in [1.54, 1.807) is 32.2 Å². The SMILES string of the molecule is CCOC(=O)C(CCc1ccc(-c2coc(-c3ccc(Cl)cc3)n2)cc1)(NC(C)=O)C(=O)OCC. The Bertz CT molecular complexity index is 1150. The fourth-order valence-corrected chi connectivity index (χ4v) is 3.69. The Hall–Kier alpha value is -3.65. The number of ether oxygens (including phenoxy) is 2. The van der Waals surface area contributed by atoms with Crippen LogP contribution in [0.25, 0.3) is 22.7 Å². The fraction of sp³-hybridized carbons (Fsp3) is 0.308. The maximum absolute atomic E-state index is 12.8. The van der Waals surface area contributed by atoms with E-state index >= 15 is 0 Å². The molecule has 0 fully saturated rings. The monoisotopic (exact) mass is 498 g/mol. The van der Waals surface area contributed by atoms with Gasteiger partial charge in [0.15, 0.2) is 0 Å². The molecule has 1 amide bonds. The molecule has 0 saturated carbocycles. The van der Waals surface area contributed by atoms with Crippen LogP contribution in [0.15, 0.2) is 59.2 Å². The second-order valence-corrected chi connectivity index (χ2v) is 8.21. The van der Waals surface area contributed by atoms with Crippen LogP contribution in [0.5, 0.6) is 0 Å². The number of amides is 1.